The van der Waals surface area contributed by atoms with E-state index in [0.717, 1.165) is 26.1 Å². The third kappa shape index (κ3) is 4.77. The molecular weight excluding hydrogens is 196 g/mol. The Morgan fingerprint density at radius 2 is 1.44 bits per heavy atom. The molecule has 2 nitrogen and oxygen atoms in total. The van der Waals surface area contributed by atoms with Gasteiger partial charge in [0.1, 0.15) is 0 Å². The van der Waals surface area contributed by atoms with Gasteiger partial charge in [-0.2, -0.15) is 0 Å². The maximum Gasteiger partial charge on any atom is 0.0231 e. The molecular formula is C14H24N2. The number of benzene rings is 1. The second kappa shape index (κ2) is 6.66. The summed E-state index contributed by atoms with van der Waals surface area (Å²) in [4.78, 5) is 4.58. The van der Waals surface area contributed by atoms with E-state index in [-0.39, 0.29) is 0 Å². The van der Waals surface area contributed by atoms with Crippen LogP contribution in [0.1, 0.15) is 18.1 Å². The highest BCUT2D eigenvalue weighted by Crippen LogP contribution is 2.07. The Balaban J connectivity index is 2.40. The number of aryl methyl sites for hydroxylation is 1. The van der Waals surface area contributed by atoms with Crippen molar-refractivity contribution in [2.24, 2.45) is 0 Å². The van der Waals surface area contributed by atoms with Crippen molar-refractivity contribution in [2.45, 2.75) is 19.9 Å². The zero-order valence-corrected chi connectivity index (χ0v) is 11.0. The summed E-state index contributed by atoms with van der Waals surface area (Å²) in [5, 5.41) is 0. The van der Waals surface area contributed by atoms with Gasteiger partial charge in [0, 0.05) is 19.6 Å². The minimum atomic E-state index is 1.04. The van der Waals surface area contributed by atoms with Gasteiger partial charge in [-0.3, -0.25) is 0 Å². The molecule has 0 unspecified atom stereocenters. The van der Waals surface area contributed by atoms with Gasteiger partial charge < -0.3 is 9.80 Å². The van der Waals surface area contributed by atoms with Crippen molar-refractivity contribution in [1.82, 2.24) is 9.80 Å². The van der Waals surface area contributed by atoms with Gasteiger partial charge in [-0.1, -0.05) is 31.2 Å². The van der Waals surface area contributed by atoms with E-state index >= 15 is 0 Å². The molecule has 0 fully saturated rings. The Morgan fingerprint density at radius 1 is 0.875 bits per heavy atom. The Kier molecular flexibility index (Phi) is 5.50. The molecule has 0 saturated carbocycles. The lowest BCUT2D eigenvalue weighted by Gasteiger charge is -2.19. The highest BCUT2D eigenvalue weighted by molar-refractivity contribution is 5.22. The fourth-order valence-corrected chi connectivity index (χ4v) is 1.64. The van der Waals surface area contributed by atoms with Crippen LogP contribution >= 0.6 is 0 Å². The molecule has 1 rings (SSSR count). The molecule has 0 amide bonds. The van der Waals surface area contributed by atoms with Crippen molar-refractivity contribution in [2.75, 3.05) is 34.2 Å². The highest BCUT2D eigenvalue weighted by Gasteiger charge is 2.00. The molecule has 16 heavy (non-hydrogen) atoms. The zero-order chi connectivity index (χ0) is 12.0. The minimum Gasteiger partial charge on any atom is -0.308 e. The van der Waals surface area contributed by atoms with Crippen molar-refractivity contribution in [3.8, 4) is 0 Å². The molecule has 0 aromatic heterocycles. The third-order valence-electron chi connectivity index (χ3n) is 2.81. The summed E-state index contributed by atoms with van der Waals surface area (Å²) in [5.41, 5.74) is 2.82. The van der Waals surface area contributed by atoms with Crippen LogP contribution in [0.25, 0.3) is 0 Å². The van der Waals surface area contributed by atoms with Gasteiger partial charge in [0.05, 0.1) is 0 Å². The zero-order valence-electron chi connectivity index (χ0n) is 11.0. The molecule has 0 bridgehead atoms. The minimum absolute atomic E-state index is 1.04. The van der Waals surface area contributed by atoms with E-state index in [2.05, 4.69) is 62.1 Å². The fourth-order valence-electron chi connectivity index (χ4n) is 1.64. The second-order valence-electron chi connectivity index (χ2n) is 4.71. The Labute approximate surface area is 99.9 Å². The Bertz CT molecular complexity index is 290. The molecule has 1 aromatic carbocycles. The first-order valence-electron chi connectivity index (χ1n) is 6.03. The van der Waals surface area contributed by atoms with E-state index in [4.69, 9.17) is 0 Å². The average molecular weight is 220 g/mol. The van der Waals surface area contributed by atoms with Crippen LogP contribution in [-0.2, 0) is 13.0 Å². The highest BCUT2D eigenvalue weighted by atomic mass is 15.1. The van der Waals surface area contributed by atoms with E-state index in [0.29, 0.717) is 0 Å². The SMILES string of the molecule is CCc1ccc(CN(C)CCN(C)C)cc1. The van der Waals surface area contributed by atoms with Gasteiger partial charge in [-0.15, -0.1) is 0 Å². The average Bonchev–Trinajstić information content (AvgIpc) is 2.27. The molecule has 0 heterocycles. The second-order valence-corrected chi connectivity index (χ2v) is 4.71. The van der Waals surface area contributed by atoms with Crippen LogP contribution in [0, 0.1) is 0 Å². The Hall–Kier alpha value is -0.860. The van der Waals surface area contributed by atoms with Crippen molar-refractivity contribution >= 4 is 0 Å². The Morgan fingerprint density at radius 3 is 1.94 bits per heavy atom. The largest absolute Gasteiger partial charge is 0.308 e. The number of hydrogen-bond donors (Lipinski definition) is 0. The van der Waals surface area contributed by atoms with Gasteiger partial charge in [0.25, 0.3) is 0 Å². The maximum atomic E-state index is 2.36. The van der Waals surface area contributed by atoms with E-state index in [1.165, 1.54) is 11.1 Å². The van der Waals surface area contributed by atoms with Crippen LogP contribution in [-0.4, -0.2) is 44.0 Å². The van der Waals surface area contributed by atoms with E-state index in [1.54, 1.807) is 0 Å². The van der Waals surface area contributed by atoms with E-state index in [1.807, 2.05) is 0 Å². The van der Waals surface area contributed by atoms with Gasteiger partial charge in [0.15, 0.2) is 0 Å². The first kappa shape index (κ1) is 13.2. The van der Waals surface area contributed by atoms with Crippen LogP contribution in [0.15, 0.2) is 24.3 Å². The summed E-state index contributed by atoms with van der Waals surface area (Å²) < 4.78 is 0. The summed E-state index contributed by atoms with van der Waals surface area (Å²) in [6.07, 6.45) is 1.12. The lowest BCUT2D eigenvalue weighted by atomic mass is 10.1. The predicted molar refractivity (Wildman–Crippen MR) is 70.7 cm³/mol. The lowest BCUT2D eigenvalue weighted by molar-refractivity contribution is 0.276. The summed E-state index contributed by atoms with van der Waals surface area (Å²) in [6.45, 7) is 5.46. The van der Waals surface area contributed by atoms with Gasteiger partial charge in [-0.05, 0) is 38.7 Å². The third-order valence-corrected chi connectivity index (χ3v) is 2.81. The van der Waals surface area contributed by atoms with Crippen molar-refractivity contribution in [3.63, 3.8) is 0 Å². The molecule has 2 heteroatoms. The van der Waals surface area contributed by atoms with Crippen molar-refractivity contribution in [3.05, 3.63) is 35.4 Å². The van der Waals surface area contributed by atoms with Crippen molar-refractivity contribution < 1.29 is 0 Å². The topological polar surface area (TPSA) is 6.48 Å². The molecule has 0 saturated heterocycles. The van der Waals surface area contributed by atoms with Gasteiger partial charge >= 0.3 is 0 Å². The standard InChI is InChI=1S/C14H24N2/c1-5-13-6-8-14(9-7-13)12-16(4)11-10-15(2)3/h6-9H,5,10-12H2,1-4H3. The van der Waals surface area contributed by atoms with Gasteiger partial charge in [-0.25, -0.2) is 0 Å². The number of likely N-dealkylation sites (N-methyl/N-ethyl adjacent to an activating group) is 2. The molecule has 0 aliphatic heterocycles. The first-order chi connectivity index (χ1) is 7.61. The summed E-state index contributed by atoms with van der Waals surface area (Å²) in [5.74, 6) is 0. The van der Waals surface area contributed by atoms with E-state index in [9.17, 15) is 0 Å². The quantitative estimate of drug-likeness (QED) is 0.725. The summed E-state index contributed by atoms with van der Waals surface area (Å²) in [6, 6.07) is 8.94. The molecule has 90 valence electrons. The van der Waals surface area contributed by atoms with E-state index < -0.39 is 0 Å². The lowest BCUT2D eigenvalue weighted by Crippen LogP contribution is -2.28. The predicted octanol–water partition coefficient (Wildman–Crippen LogP) is 2.24. The molecule has 0 atom stereocenters. The van der Waals surface area contributed by atoms with Crippen molar-refractivity contribution in [1.29, 1.82) is 0 Å². The van der Waals surface area contributed by atoms with Gasteiger partial charge in [0.2, 0.25) is 0 Å². The smallest absolute Gasteiger partial charge is 0.0231 e. The van der Waals surface area contributed by atoms with Crippen LogP contribution in [0.3, 0.4) is 0 Å². The number of rotatable bonds is 6. The molecule has 0 N–H and O–H groups in total. The summed E-state index contributed by atoms with van der Waals surface area (Å²) in [7, 11) is 6.41. The fraction of sp³-hybridized carbons (Fsp3) is 0.571. The number of hydrogen-bond acceptors (Lipinski definition) is 2. The summed E-state index contributed by atoms with van der Waals surface area (Å²) >= 11 is 0. The molecule has 0 radical (unpaired) electrons. The maximum absolute atomic E-state index is 2.36. The normalized spacial score (nSPS) is 11.4. The number of nitrogens with zero attached hydrogens (tertiary/aromatic N) is 2. The van der Waals surface area contributed by atoms with Crippen LogP contribution in [0.2, 0.25) is 0 Å². The molecule has 0 aliphatic carbocycles. The van der Waals surface area contributed by atoms with Crippen LogP contribution in [0.5, 0.6) is 0 Å². The monoisotopic (exact) mass is 220 g/mol. The molecule has 1 aromatic rings. The first-order valence-corrected chi connectivity index (χ1v) is 6.03. The van der Waals surface area contributed by atoms with Crippen LogP contribution < -0.4 is 0 Å². The van der Waals surface area contributed by atoms with Crippen LogP contribution in [0.4, 0.5) is 0 Å². The molecule has 0 spiro atoms. The molecule has 0 aliphatic rings.